The van der Waals surface area contributed by atoms with Gasteiger partial charge in [0.2, 0.25) is 11.4 Å². The number of amides is 1. The third-order valence-corrected chi connectivity index (χ3v) is 5.41. The molecule has 0 saturated carbocycles. The molecule has 1 aliphatic carbocycles. The Morgan fingerprint density at radius 2 is 2.29 bits per heavy atom. The monoisotopic (exact) mass is 313 g/mol. The Balaban J connectivity index is 1.96. The van der Waals surface area contributed by atoms with E-state index in [0.29, 0.717) is 12.3 Å². The Labute approximate surface area is 128 Å². The number of ether oxygens (including phenoxy) is 1. The maximum absolute atomic E-state index is 12.2. The first-order chi connectivity index (χ1) is 9.97. The SMILES string of the molecule is C[C@]12OC(=O)C1([C@@H](O)C1=CCCCC1)NC(=O)[C@@H]2CCCl. The van der Waals surface area contributed by atoms with Crippen molar-refractivity contribution in [3.8, 4) is 0 Å². The number of esters is 1. The number of carbonyl (C=O) groups excluding carboxylic acids is 2. The Kier molecular flexibility index (Phi) is 3.53. The summed E-state index contributed by atoms with van der Waals surface area (Å²) in [7, 11) is 0. The lowest BCUT2D eigenvalue weighted by Crippen LogP contribution is -2.79. The highest BCUT2D eigenvalue weighted by molar-refractivity contribution is 6.18. The van der Waals surface area contributed by atoms with Crippen molar-refractivity contribution in [1.29, 1.82) is 0 Å². The minimum Gasteiger partial charge on any atom is -0.453 e. The van der Waals surface area contributed by atoms with E-state index < -0.39 is 29.1 Å². The molecule has 116 valence electrons. The van der Waals surface area contributed by atoms with E-state index in [1.807, 2.05) is 6.08 Å². The Morgan fingerprint density at radius 3 is 2.86 bits per heavy atom. The molecule has 0 spiro atoms. The maximum atomic E-state index is 12.2. The second-order valence-corrected chi connectivity index (χ2v) is 6.63. The van der Waals surface area contributed by atoms with Crippen LogP contribution >= 0.6 is 11.6 Å². The van der Waals surface area contributed by atoms with Crippen molar-refractivity contribution in [1.82, 2.24) is 5.32 Å². The number of alkyl halides is 1. The molecule has 3 rings (SSSR count). The Morgan fingerprint density at radius 1 is 1.52 bits per heavy atom. The first-order valence-electron chi connectivity index (χ1n) is 7.46. The molecular formula is C15H20ClNO4. The number of allylic oxidation sites excluding steroid dienone is 1. The van der Waals surface area contributed by atoms with Crippen LogP contribution in [0.4, 0.5) is 0 Å². The molecule has 6 heteroatoms. The van der Waals surface area contributed by atoms with E-state index in [-0.39, 0.29) is 5.91 Å². The third-order valence-electron chi connectivity index (χ3n) is 5.20. The predicted octanol–water partition coefficient (Wildman–Crippen LogP) is 1.28. The van der Waals surface area contributed by atoms with Crippen molar-refractivity contribution in [2.45, 2.75) is 56.3 Å². The number of halogens is 1. The van der Waals surface area contributed by atoms with Crippen molar-refractivity contribution in [3.05, 3.63) is 11.6 Å². The molecule has 1 amide bonds. The summed E-state index contributed by atoms with van der Waals surface area (Å²) in [4.78, 5) is 24.4. The maximum Gasteiger partial charge on any atom is 0.339 e. The van der Waals surface area contributed by atoms with Crippen LogP contribution < -0.4 is 5.32 Å². The lowest BCUT2D eigenvalue weighted by Gasteiger charge is -2.53. The van der Waals surface area contributed by atoms with Gasteiger partial charge in [0.15, 0.2) is 5.60 Å². The van der Waals surface area contributed by atoms with Crippen LogP contribution in [0.1, 0.15) is 39.0 Å². The van der Waals surface area contributed by atoms with Gasteiger partial charge in [0.05, 0.1) is 5.92 Å². The summed E-state index contributed by atoms with van der Waals surface area (Å²) in [5, 5.41) is 13.5. The van der Waals surface area contributed by atoms with Crippen molar-refractivity contribution in [3.63, 3.8) is 0 Å². The first kappa shape index (κ1) is 14.9. The molecule has 21 heavy (non-hydrogen) atoms. The fourth-order valence-electron chi connectivity index (χ4n) is 3.92. The van der Waals surface area contributed by atoms with Crippen LogP contribution in [0.5, 0.6) is 0 Å². The van der Waals surface area contributed by atoms with E-state index in [1.54, 1.807) is 6.92 Å². The smallest absolute Gasteiger partial charge is 0.339 e. The number of carbonyl (C=O) groups is 2. The van der Waals surface area contributed by atoms with E-state index in [1.165, 1.54) is 0 Å². The molecule has 2 aliphatic heterocycles. The molecule has 0 radical (unpaired) electrons. The molecule has 2 saturated heterocycles. The van der Waals surface area contributed by atoms with Gasteiger partial charge in [-0.15, -0.1) is 11.6 Å². The van der Waals surface area contributed by atoms with Gasteiger partial charge in [-0.25, -0.2) is 4.79 Å². The van der Waals surface area contributed by atoms with Crippen molar-refractivity contribution < 1.29 is 19.4 Å². The van der Waals surface area contributed by atoms with Gasteiger partial charge in [0.1, 0.15) is 6.10 Å². The normalized spacial score (nSPS) is 39.8. The quantitative estimate of drug-likeness (QED) is 0.466. The second-order valence-electron chi connectivity index (χ2n) is 6.25. The van der Waals surface area contributed by atoms with Crippen molar-refractivity contribution >= 4 is 23.5 Å². The van der Waals surface area contributed by atoms with Gasteiger partial charge in [-0.3, -0.25) is 4.79 Å². The largest absolute Gasteiger partial charge is 0.453 e. The van der Waals surface area contributed by atoms with Crippen LogP contribution in [-0.4, -0.2) is 40.1 Å². The molecule has 5 nitrogen and oxygen atoms in total. The zero-order valence-electron chi connectivity index (χ0n) is 12.0. The Hall–Kier alpha value is -1.07. The van der Waals surface area contributed by atoms with E-state index >= 15 is 0 Å². The summed E-state index contributed by atoms with van der Waals surface area (Å²) < 4.78 is 5.33. The molecular weight excluding hydrogens is 294 g/mol. The molecule has 2 N–H and O–H groups in total. The van der Waals surface area contributed by atoms with Crippen LogP contribution in [0, 0.1) is 5.92 Å². The molecule has 3 aliphatic rings. The average Bonchev–Trinajstić information content (AvgIpc) is 2.65. The number of fused-ring (bicyclic) bond motifs is 1. The van der Waals surface area contributed by atoms with Crippen LogP contribution in [0.15, 0.2) is 11.6 Å². The average molecular weight is 314 g/mol. The molecule has 2 fully saturated rings. The van der Waals surface area contributed by atoms with E-state index in [2.05, 4.69) is 5.32 Å². The summed E-state index contributed by atoms with van der Waals surface area (Å²) in [6.45, 7) is 1.72. The summed E-state index contributed by atoms with van der Waals surface area (Å²) >= 11 is 5.76. The lowest BCUT2D eigenvalue weighted by molar-refractivity contribution is -0.232. The van der Waals surface area contributed by atoms with Gasteiger partial charge in [0, 0.05) is 5.88 Å². The number of rotatable bonds is 4. The highest BCUT2D eigenvalue weighted by Crippen LogP contribution is 2.53. The first-order valence-corrected chi connectivity index (χ1v) is 7.99. The minimum atomic E-state index is -1.34. The zero-order valence-corrected chi connectivity index (χ0v) is 12.8. The molecule has 0 aromatic heterocycles. The standard InChI is InChI=1S/C15H20ClNO4/c1-14-10(7-8-16)12(19)17-15(14,13(20)21-14)11(18)9-5-3-2-4-6-9/h5,10-11,18H,2-4,6-8H2,1H3,(H,17,19)/t10-,11-,14+,15?/m0/s1. The number of hydrogen-bond acceptors (Lipinski definition) is 4. The lowest BCUT2D eigenvalue weighted by atomic mass is 9.66. The van der Waals surface area contributed by atoms with Gasteiger partial charge < -0.3 is 15.2 Å². The number of aliphatic hydroxyl groups is 1. The van der Waals surface area contributed by atoms with Crippen LogP contribution in [-0.2, 0) is 14.3 Å². The highest BCUT2D eigenvalue weighted by atomic mass is 35.5. The van der Waals surface area contributed by atoms with Gasteiger partial charge in [0.25, 0.3) is 0 Å². The molecule has 0 bridgehead atoms. The fraction of sp³-hybridized carbons (Fsp3) is 0.733. The predicted molar refractivity (Wildman–Crippen MR) is 76.8 cm³/mol. The minimum absolute atomic E-state index is 0.264. The summed E-state index contributed by atoms with van der Waals surface area (Å²) in [6, 6.07) is 0. The van der Waals surface area contributed by atoms with E-state index in [0.717, 1.165) is 31.3 Å². The zero-order chi connectivity index (χ0) is 15.3. The summed E-state index contributed by atoms with van der Waals surface area (Å²) in [5.41, 5.74) is -1.53. The molecule has 0 aromatic rings. The van der Waals surface area contributed by atoms with Crippen LogP contribution in [0.2, 0.25) is 0 Å². The van der Waals surface area contributed by atoms with E-state index in [4.69, 9.17) is 16.3 Å². The topological polar surface area (TPSA) is 75.6 Å². The van der Waals surface area contributed by atoms with Crippen molar-refractivity contribution in [2.24, 2.45) is 5.92 Å². The molecule has 2 heterocycles. The third kappa shape index (κ3) is 1.80. The van der Waals surface area contributed by atoms with Gasteiger partial charge in [-0.2, -0.15) is 0 Å². The van der Waals surface area contributed by atoms with E-state index in [9.17, 15) is 14.7 Å². The Bertz CT molecular complexity index is 520. The van der Waals surface area contributed by atoms with Gasteiger partial charge in [-0.1, -0.05) is 6.08 Å². The van der Waals surface area contributed by atoms with Gasteiger partial charge >= 0.3 is 5.97 Å². The van der Waals surface area contributed by atoms with Crippen LogP contribution in [0.25, 0.3) is 0 Å². The molecule has 4 atom stereocenters. The summed E-state index contributed by atoms with van der Waals surface area (Å²) in [5.74, 6) is -1.01. The fourth-order valence-corrected chi connectivity index (χ4v) is 4.14. The molecule has 0 aromatic carbocycles. The number of aliphatic hydroxyl groups excluding tert-OH is 1. The number of nitrogens with one attached hydrogen (secondary N) is 1. The highest BCUT2D eigenvalue weighted by Gasteiger charge is 2.79. The number of hydrogen-bond donors (Lipinski definition) is 2. The van der Waals surface area contributed by atoms with Gasteiger partial charge in [-0.05, 0) is 44.6 Å². The molecule has 1 unspecified atom stereocenters. The van der Waals surface area contributed by atoms with Crippen molar-refractivity contribution in [2.75, 3.05) is 5.88 Å². The van der Waals surface area contributed by atoms with Crippen LogP contribution in [0.3, 0.4) is 0 Å². The second kappa shape index (κ2) is 4.99. The summed E-state index contributed by atoms with van der Waals surface area (Å²) in [6.07, 6.45) is 5.11.